The van der Waals surface area contributed by atoms with Gasteiger partial charge in [0.25, 0.3) is 5.91 Å². The summed E-state index contributed by atoms with van der Waals surface area (Å²) in [5, 5.41) is 2.84. The van der Waals surface area contributed by atoms with Gasteiger partial charge >= 0.3 is 0 Å². The maximum atomic E-state index is 12.3. The van der Waals surface area contributed by atoms with E-state index in [1.54, 1.807) is 43.7 Å². The average Bonchev–Trinajstić information content (AvgIpc) is 3.14. The fourth-order valence-electron chi connectivity index (χ4n) is 2.55. The van der Waals surface area contributed by atoms with Crippen LogP contribution >= 0.6 is 0 Å². The highest BCUT2D eigenvalue weighted by molar-refractivity contribution is 5.95. The Bertz CT molecular complexity index is 900. The van der Waals surface area contributed by atoms with Gasteiger partial charge in [0.05, 0.1) is 18.6 Å². The van der Waals surface area contributed by atoms with Crippen LogP contribution in [-0.2, 0) is 6.54 Å². The van der Waals surface area contributed by atoms with Crippen molar-refractivity contribution in [2.24, 2.45) is 0 Å². The minimum Gasteiger partial charge on any atom is -0.346 e. The summed E-state index contributed by atoms with van der Waals surface area (Å²) in [7, 11) is 0. The van der Waals surface area contributed by atoms with E-state index in [1.165, 1.54) is 6.92 Å². The predicted octanol–water partition coefficient (Wildman–Crippen LogP) is 2.71. The summed E-state index contributed by atoms with van der Waals surface area (Å²) in [4.78, 5) is 32.1. The third-order valence-corrected chi connectivity index (χ3v) is 3.88. The van der Waals surface area contributed by atoms with E-state index < -0.39 is 0 Å². The Morgan fingerprint density at radius 3 is 2.48 bits per heavy atom. The Hall–Kier alpha value is -3.28. The first-order chi connectivity index (χ1) is 12.0. The van der Waals surface area contributed by atoms with Gasteiger partial charge in [-0.05, 0) is 50.2 Å². The maximum absolute atomic E-state index is 12.3. The lowest BCUT2D eigenvalue weighted by molar-refractivity contribution is 0.0949. The number of carbonyl (C=O) groups excluding carboxylic acids is 2. The number of hydrogen-bond acceptors (Lipinski definition) is 4. The van der Waals surface area contributed by atoms with Crippen molar-refractivity contribution >= 4 is 11.7 Å². The van der Waals surface area contributed by atoms with Crippen molar-refractivity contribution in [1.82, 2.24) is 19.9 Å². The van der Waals surface area contributed by atoms with Crippen molar-refractivity contribution in [2.45, 2.75) is 20.4 Å². The van der Waals surface area contributed by atoms with Crippen LogP contribution in [-0.4, -0.2) is 26.2 Å². The number of carbonyl (C=O) groups is 2. The van der Waals surface area contributed by atoms with Crippen LogP contribution in [0.4, 0.5) is 0 Å². The number of benzene rings is 1. The molecule has 3 rings (SSSR count). The molecule has 126 valence electrons. The van der Waals surface area contributed by atoms with Crippen molar-refractivity contribution in [3.05, 3.63) is 77.6 Å². The summed E-state index contributed by atoms with van der Waals surface area (Å²) in [5.41, 5.74) is 3.49. The molecule has 6 nitrogen and oxygen atoms in total. The number of imidazole rings is 1. The average molecular weight is 334 g/mol. The number of aromatic nitrogens is 3. The van der Waals surface area contributed by atoms with Gasteiger partial charge in [-0.3, -0.25) is 14.6 Å². The van der Waals surface area contributed by atoms with Gasteiger partial charge < -0.3 is 9.88 Å². The third-order valence-electron chi connectivity index (χ3n) is 3.88. The highest BCUT2D eigenvalue weighted by atomic mass is 16.1. The molecule has 0 aliphatic rings. The molecule has 0 spiro atoms. The molecule has 0 fully saturated rings. The second-order valence-corrected chi connectivity index (χ2v) is 5.69. The summed E-state index contributed by atoms with van der Waals surface area (Å²) in [5.74, 6) is -0.189. The molecule has 0 aliphatic heterocycles. The summed E-state index contributed by atoms with van der Waals surface area (Å²) in [6.07, 6.45) is 5.24. The van der Waals surface area contributed by atoms with Gasteiger partial charge in [0.15, 0.2) is 5.78 Å². The van der Waals surface area contributed by atoms with Crippen LogP contribution in [0.1, 0.15) is 39.0 Å². The van der Waals surface area contributed by atoms with Crippen molar-refractivity contribution in [3.8, 4) is 5.69 Å². The number of rotatable bonds is 5. The Balaban J connectivity index is 1.64. The second-order valence-electron chi connectivity index (χ2n) is 5.69. The van der Waals surface area contributed by atoms with Crippen molar-refractivity contribution in [3.63, 3.8) is 0 Å². The minimum atomic E-state index is -0.174. The molecule has 1 amide bonds. The topological polar surface area (TPSA) is 76.9 Å². The van der Waals surface area contributed by atoms with Gasteiger partial charge in [-0.1, -0.05) is 0 Å². The Labute approximate surface area is 145 Å². The van der Waals surface area contributed by atoms with E-state index in [1.807, 2.05) is 22.9 Å². The summed E-state index contributed by atoms with van der Waals surface area (Å²) in [6.45, 7) is 3.61. The SMILES string of the molecule is CC(=O)c1ccc(CNC(=O)c2ccc(-n3ccnc3)cc2)nc1C. The fraction of sp³-hybridized carbons (Fsp3) is 0.158. The van der Waals surface area contributed by atoms with Crippen LogP contribution in [0, 0.1) is 6.92 Å². The van der Waals surface area contributed by atoms with Crippen molar-refractivity contribution < 1.29 is 9.59 Å². The van der Waals surface area contributed by atoms with E-state index in [9.17, 15) is 9.59 Å². The van der Waals surface area contributed by atoms with Crippen LogP contribution in [0.25, 0.3) is 5.69 Å². The smallest absolute Gasteiger partial charge is 0.251 e. The molecule has 0 saturated heterocycles. The van der Waals surface area contributed by atoms with Crippen LogP contribution in [0.5, 0.6) is 0 Å². The largest absolute Gasteiger partial charge is 0.346 e. The van der Waals surface area contributed by atoms with Gasteiger partial charge in [0.2, 0.25) is 0 Å². The number of ketones is 1. The van der Waals surface area contributed by atoms with E-state index in [-0.39, 0.29) is 11.7 Å². The maximum Gasteiger partial charge on any atom is 0.251 e. The Morgan fingerprint density at radius 1 is 1.12 bits per heavy atom. The van der Waals surface area contributed by atoms with Gasteiger partial charge in [0, 0.05) is 34.9 Å². The van der Waals surface area contributed by atoms with E-state index in [0.29, 0.717) is 29.1 Å². The molecule has 0 atom stereocenters. The molecule has 1 N–H and O–H groups in total. The molecule has 0 unspecified atom stereocenters. The number of hydrogen-bond donors (Lipinski definition) is 1. The minimum absolute atomic E-state index is 0.0152. The summed E-state index contributed by atoms with van der Waals surface area (Å²) >= 11 is 0. The lowest BCUT2D eigenvalue weighted by Gasteiger charge is -2.08. The molecule has 6 heteroatoms. The highest BCUT2D eigenvalue weighted by Crippen LogP contribution is 2.10. The number of amides is 1. The van der Waals surface area contributed by atoms with Crippen LogP contribution in [0.3, 0.4) is 0 Å². The molecule has 3 aromatic rings. The van der Waals surface area contributed by atoms with Gasteiger partial charge in [-0.15, -0.1) is 0 Å². The lowest BCUT2D eigenvalue weighted by atomic mass is 10.1. The zero-order valence-corrected chi connectivity index (χ0v) is 14.1. The number of Topliss-reactive ketones (excluding diaryl/α,β-unsaturated/α-hetero) is 1. The standard InChI is InChI=1S/C19H18N4O2/c1-13-18(14(2)24)8-5-16(22-13)11-21-19(25)15-3-6-17(7-4-15)23-10-9-20-12-23/h3-10,12H,11H2,1-2H3,(H,21,25). The number of pyridine rings is 1. The normalized spacial score (nSPS) is 10.5. The quantitative estimate of drug-likeness (QED) is 0.728. The lowest BCUT2D eigenvalue weighted by Crippen LogP contribution is -2.23. The van der Waals surface area contributed by atoms with E-state index in [0.717, 1.165) is 5.69 Å². The molecule has 1 aromatic carbocycles. The zero-order chi connectivity index (χ0) is 17.8. The Kier molecular flexibility index (Phi) is 4.70. The van der Waals surface area contributed by atoms with E-state index in [4.69, 9.17) is 0 Å². The van der Waals surface area contributed by atoms with E-state index >= 15 is 0 Å². The van der Waals surface area contributed by atoms with Gasteiger partial charge in [-0.25, -0.2) is 4.98 Å². The molecule has 0 radical (unpaired) electrons. The molecule has 0 saturated carbocycles. The first kappa shape index (κ1) is 16.6. The number of nitrogens with one attached hydrogen (secondary N) is 1. The molecule has 0 aliphatic carbocycles. The molecule has 25 heavy (non-hydrogen) atoms. The fourth-order valence-corrected chi connectivity index (χ4v) is 2.55. The summed E-state index contributed by atoms with van der Waals surface area (Å²) < 4.78 is 1.87. The van der Waals surface area contributed by atoms with Crippen LogP contribution < -0.4 is 5.32 Å². The van der Waals surface area contributed by atoms with Gasteiger partial charge in [0.1, 0.15) is 0 Å². The highest BCUT2D eigenvalue weighted by Gasteiger charge is 2.09. The predicted molar refractivity (Wildman–Crippen MR) is 93.7 cm³/mol. The number of aryl methyl sites for hydroxylation is 1. The second kappa shape index (κ2) is 7.09. The van der Waals surface area contributed by atoms with Gasteiger partial charge in [-0.2, -0.15) is 0 Å². The Morgan fingerprint density at radius 2 is 1.88 bits per heavy atom. The molecular weight excluding hydrogens is 316 g/mol. The third kappa shape index (κ3) is 3.80. The first-order valence-electron chi connectivity index (χ1n) is 7.88. The molecular formula is C19H18N4O2. The van der Waals surface area contributed by atoms with Crippen LogP contribution in [0.15, 0.2) is 55.1 Å². The molecule has 2 aromatic heterocycles. The molecule has 0 bridgehead atoms. The number of nitrogens with zero attached hydrogens (tertiary/aromatic N) is 3. The monoisotopic (exact) mass is 334 g/mol. The summed E-state index contributed by atoms with van der Waals surface area (Å²) in [6, 6.07) is 10.8. The van der Waals surface area contributed by atoms with Crippen molar-refractivity contribution in [1.29, 1.82) is 0 Å². The van der Waals surface area contributed by atoms with Crippen LogP contribution in [0.2, 0.25) is 0 Å². The molecule has 2 heterocycles. The zero-order valence-electron chi connectivity index (χ0n) is 14.1. The van der Waals surface area contributed by atoms with E-state index in [2.05, 4.69) is 15.3 Å². The van der Waals surface area contributed by atoms with Crippen molar-refractivity contribution in [2.75, 3.05) is 0 Å². The first-order valence-corrected chi connectivity index (χ1v) is 7.88.